The molecule has 0 spiro atoms. The molecule has 0 atom stereocenters. The van der Waals surface area contributed by atoms with Crippen molar-refractivity contribution in [1.82, 2.24) is 5.32 Å². The second-order valence-electron chi connectivity index (χ2n) is 2.90. The number of terminal acetylenes is 1. The van der Waals surface area contributed by atoms with Gasteiger partial charge in [-0.2, -0.15) is 0 Å². The fourth-order valence-corrected chi connectivity index (χ4v) is 1.08. The molecule has 3 heteroatoms. The fraction of sp³-hybridized carbons (Fsp3) is 0.273. The maximum absolute atomic E-state index is 12.8. The van der Waals surface area contributed by atoms with E-state index in [1.165, 1.54) is 18.2 Å². The number of nitrogens with one attached hydrogen (secondary N) is 1. The predicted molar refractivity (Wildman–Crippen MR) is 53.2 cm³/mol. The number of hydrogen-bond donors (Lipinski definition) is 2. The van der Waals surface area contributed by atoms with E-state index in [0.717, 1.165) is 0 Å². The summed E-state index contributed by atoms with van der Waals surface area (Å²) >= 11 is 0. The van der Waals surface area contributed by atoms with Gasteiger partial charge in [0, 0.05) is 25.1 Å². The average molecular weight is 193 g/mol. The molecule has 0 bridgehead atoms. The first-order chi connectivity index (χ1) is 6.74. The van der Waals surface area contributed by atoms with Gasteiger partial charge in [-0.25, -0.2) is 4.39 Å². The summed E-state index contributed by atoms with van der Waals surface area (Å²) in [5.74, 6) is 2.23. The number of phenolic OH excluding ortho intramolecular Hbond substituents is 1. The van der Waals surface area contributed by atoms with Gasteiger partial charge in [0.15, 0.2) is 0 Å². The minimum absolute atomic E-state index is 0.0969. The standard InChI is InChI=1S/C11H12FNO/c1-2-3-6-13-8-9-7-10(12)4-5-11(9)14/h1,4-5,7,13-14H,3,6,8H2. The molecule has 1 aromatic carbocycles. The Morgan fingerprint density at radius 2 is 2.29 bits per heavy atom. The van der Waals surface area contributed by atoms with Gasteiger partial charge in [-0.1, -0.05) is 0 Å². The average Bonchev–Trinajstić information content (AvgIpc) is 2.18. The highest BCUT2D eigenvalue weighted by atomic mass is 19.1. The summed E-state index contributed by atoms with van der Waals surface area (Å²) in [5.41, 5.74) is 0.544. The molecule has 0 fully saturated rings. The van der Waals surface area contributed by atoms with Crippen molar-refractivity contribution in [2.75, 3.05) is 6.54 Å². The van der Waals surface area contributed by atoms with E-state index in [4.69, 9.17) is 6.42 Å². The highest BCUT2D eigenvalue weighted by molar-refractivity contribution is 5.32. The number of halogens is 1. The van der Waals surface area contributed by atoms with E-state index in [-0.39, 0.29) is 11.6 Å². The zero-order valence-corrected chi connectivity index (χ0v) is 7.76. The van der Waals surface area contributed by atoms with E-state index in [2.05, 4.69) is 11.2 Å². The molecule has 2 nitrogen and oxygen atoms in total. The Morgan fingerprint density at radius 1 is 1.50 bits per heavy atom. The molecule has 0 saturated heterocycles. The van der Waals surface area contributed by atoms with E-state index in [9.17, 15) is 9.50 Å². The number of rotatable bonds is 4. The van der Waals surface area contributed by atoms with Gasteiger partial charge in [-0.05, 0) is 18.2 Å². The molecule has 1 aromatic rings. The second kappa shape index (κ2) is 5.25. The van der Waals surface area contributed by atoms with Crippen molar-refractivity contribution in [3.8, 4) is 18.1 Å². The van der Waals surface area contributed by atoms with Crippen LogP contribution in [0.4, 0.5) is 4.39 Å². The second-order valence-corrected chi connectivity index (χ2v) is 2.90. The van der Waals surface area contributed by atoms with Crippen molar-refractivity contribution in [1.29, 1.82) is 0 Å². The number of phenols is 1. The van der Waals surface area contributed by atoms with E-state index >= 15 is 0 Å². The molecular formula is C11H12FNO. The zero-order valence-electron chi connectivity index (χ0n) is 7.76. The molecule has 0 aliphatic rings. The molecule has 0 aliphatic carbocycles. The van der Waals surface area contributed by atoms with Gasteiger partial charge in [-0.3, -0.25) is 0 Å². The van der Waals surface area contributed by atoms with E-state index in [0.29, 0.717) is 25.1 Å². The minimum Gasteiger partial charge on any atom is -0.508 e. The van der Waals surface area contributed by atoms with Gasteiger partial charge < -0.3 is 10.4 Å². The van der Waals surface area contributed by atoms with Crippen LogP contribution in [0.3, 0.4) is 0 Å². The van der Waals surface area contributed by atoms with Gasteiger partial charge in [0.2, 0.25) is 0 Å². The number of aromatic hydroxyl groups is 1. The number of hydrogen-bond acceptors (Lipinski definition) is 2. The summed E-state index contributed by atoms with van der Waals surface area (Å²) in [6.45, 7) is 1.08. The van der Waals surface area contributed by atoms with Crippen LogP contribution < -0.4 is 5.32 Å². The molecule has 0 saturated carbocycles. The summed E-state index contributed by atoms with van der Waals surface area (Å²) < 4.78 is 12.8. The fourth-order valence-electron chi connectivity index (χ4n) is 1.08. The van der Waals surface area contributed by atoms with E-state index in [1.807, 2.05) is 0 Å². The third kappa shape index (κ3) is 3.08. The maximum Gasteiger partial charge on any atom is 0.123 e. The largest absolute Gasteiger partial charge is 0.508 e. The summed E-state index contributed by atoms with van der Waals surface area (Å²) in [5, 5.41) is 12.3. The molecule has 2 N–H and O–H groups in total. The molecular weight excluding hydrogens is 181 g/mol. The Balaban J connectivity index is 2.50. The van der Waals surface area contributed by atoms with Crippen LogP contribution in [-0.4, -0.2) is 11.7 Å². The van der Waals surface area contributed by atoms with E-state index in [1.54, 1.807) is 0 Å². The van der Waals surface area contributed by atoms with Crippen LogP contribution in [0.5, 0.6) is 5.75 Å². The Morgan fingerprint density at radius 3 is 3.00 bits per heavy atom. The van der Waals surface area contributed by atoms with Crippen LogP contribution in [0, 0.1) is 18.2 Å². The smallest absolute Gasteiger partial charge is 0.123 e. The molecule has 0 amide bonds. The quantitative estimate of drug-likeness (QED) is 0.563. The van der Waals surface area contributed by atoms with Crippen molar-refractivity contribution in [2.45, 2.75) is 13.0 Å². The van der Waals surface area contributed by atoms with Crippen LogP contribution in [0.1, 0.15) is 12.0 Å². The first-order valence-corrected chi connectivity index (χ1v) is 4.35. The molecule has 0 unspecified atom stereocenters. The summed E-state index contributed by atoms with van der Waals surface area (Å²) in [6.07, 6.45) is 5.68. The molecule has 0 radical (unpaired) electrons. The van der Waals surface area contributed by atoms with Crippen LogP contribution in [0.2, 0.25) is 0 Å². The van der Waals surface area contributed by atoms with Crippen LogP contribution >= 0.6 is 0 Å². The van der Waals surface area contributed by atoms with Crippen LogP contribution in [0.15, 0.2) is 18.2 Å². The lowest BCUT2D eigenvalue weighted by atomic mass is 10.2. The van der Waals surface area contributed by atoms with E-state index < -0.39 is 0 Å². The van der Waals surface area contributed by atoms with Crippen LogP contribution in [0.25, 0.3) is 0 Å². The third-order valence-corrected chi connectivity index (χ3v) is 1.80. The predicted octanol–water partition coefficient (Wildman–Crippen LogP) is 1.64. The van der Waals surface area contributed by atoms with Crippen molar-refractivity contribution in [3.05, 3.63) is 29.6 Å². The molecule has 1 rings (SSSR count). The third-order valence-electron chi connectivity index (χ3n) is 1.80. The topological polar surface area (TPSA) is 32.3 Å². The lowest BCUT2D eigenvalue weighted by Crippen LogP contribution is -2.14. The first-order valence-electron chi connectivity index (χ1n) is 4.35. The van der Waals surface area contributed by atoms with Crippen LogP contribution in [-0.2, 0) is 6.54 Å². The Bertz CT molecular complexity index is 344. The maximum atomic E-state index is 12.8. The molecule has 0 aliphatic heterocycles. The first kappa shape index (κ1) is 10.6. The number of benzene rings is 1. The highest BCUT2D eigenvalue weighted by Gasteiger charge is 2.01. The highest BCUT2D eigenvalue weighted by Crippen LogP contribution is 2.17. The lowest BCUT2D eigenvalue weighted by Gasteiger charge is -2.05. The zero-order chi connectivity index (χ0) is 10.4. The minimum atomic E-state index is -0.350. The van der Waals surface area contributed by atoms with Gasteiger partial charge in [0.05, 0.1) is 0 Å². The van der Waals surface area contributed by atoms with Crippen molar-refractivity contribution < 1.29 is 9.50 Å². The van der Waals surface area contributed by atoms with Gasteiger partial charge in [0.1, 0.15) is 11.6 Å². The summed E-state index contributed by atoms with van der Waals surface area (Å²) in [7, 11) is 0. The lowest BCUT2D eigenvalue weighted by molar-refractivity contribution is 0.462. The normalized spacial score (nSPS) is 9.71. The molecule has 0 aromatic heterocycles. The van der Waals surface area contributed by atoms with Gasteiger partial charge >= 0.3 is 0 Å². The SMILES string of the molecule is C#CCCNCc1cc(F)ccc1O. The van der Waals surface area contributed by atoms with Crippen molar-refractivity contribution in [3.63, 3.8) is 0 Å². The summed E-state index contributed by atoms with van der Waals surface area (Å²) in [4.78, 5) is 0. The Labute approximate surface area is 82.8 Å². The van der Waals surface area contributed by atoms with Gasteiger partial charge in [0.25, 0.3) is 0 Å². The molecule has 14 heavy (non-hydrogen) atoms. The molecule has 0 heterocycles. The Kier molecular flexibility index (Phi) is 3.96. The summed E-state index contributed by atoms with van der Waals surface area (Å²) in [6, 6.07) is 3.87. The van der Waals surface area contributed by atoms with Crippen molar-refractivity contribution in [2.24, 2.45) is 0 Å². The molecule has 74 valence electrons. The Hall–Kier alpha value is -1.53. The monoisotopic (exact) mass is 193 g/mol. The van der Waals surface area contributed by atoms with Crippen molar-refractivity contribution >= 4 is 0 Å². The van der Waals surface area contributed by atoms with Gasteiger partial charge in [-0.15, -0.1) is 12.3 Å².